The quantitative estimate of drug-likeness (QED) is 0.257. The first-order valence-electron chi connectivity index (χ1n) is 25.7. The summed E-state index contributed by atoms with van der Waals surface area (Å²) in [5, 5.41) is 2.96. The first-order chi connectivity index (χ1) is 27.5. The van der Waals surface area contributed by atoms with Gasteiger partial charge in [0.05, 0.1) is 0 Å². The van der Waals surface area contributed by atoms with Gasteiger partial charge in [0.15, 0.2) is 0 Å². The molecule has 0 unspecified atom stereocenters. The van der Waals surface area contributed by atoms with Gasteiger partial charge in [0, 0.05) is 68.0 Å². The van der Waals surface area contributed by atoms with E-state index in [1.165, 1.54) is 51.4 Å². The van der Waals surface area contributed by atoms with Crippen molar-refractivity contribution in [3.63, 3.8) is 0 Å². The van der Waals surface area contributed by atoms with E-state index in [0.29, 0.717) is 40.3 Å². The number of rotatable bonds is 5. The molecule has 0 radical (unpaired) electrons. The molecule has 63 heavy (non-hydrogen) atoms. The average molecular weight is 982 g/mol. The van der Waals surface area contributed by atoms with Gasteiger partial charge in [0.1, 0.15) is 0 Å². The molecule has 4 fully saturated rings. The fourth-order valence-electron chi connectivity index (χ4n) is 12.1. The molecular formula is C52H117LiO4Si6. The van der Waals surface area contributed by atoms with E-state index in [-0.39, 0.29) is 18.9 Å². The fourth-order valence-corrected chi connectivity index (χ4v) is 229. The van der Waals surface area contributed by atoms with Crippen LogP contribution in [-0.4, -0.2) is 97.9 Å². The second kappa shape index (κ2) is 25.2. The second-order valence-corrected chi connectivity index (χ2v) is 85.0. The Balaban J connectivity index is 0. The van der Waals surface area contributed by atoms with Gasteiger partial charge in [-0.1, -0.05) is 228 Å². The van der Waals surface area contributed by atoms with Gasteiger partial charge in [-0.05, 0) is 71.5 Å². The van der Waals surface area contributed by atoms with E-state index in [0.717, 1.165) is 52.9 Å². The zero-order valence-corrected chi connectivity index (χ0v) is 55.2. The van der Waals surface area contributed by atoms with Crippen molar-refractivity contribution in [3.05, 3.63) is 0 Å². The maximum Gasteiger partial charge on any atom is 1.00 e. The molecule has 0 aromatic rings. The van der Waals surface area contributed by atoms with Crippen LogP contribution in [0.25, 0.3) is 0 Å². The van der Waals surface area contributed by atoms with Crippen molar-refractivity contribution in [2.75, 3.05) is 52.9 Å². The molecule has 4 aliphatic heterocycles. The number of hydrogen-bond donors (Lipinski definition) is 0. The first kappa shape index (κ1) is 66.8. The Morgan fingerprint density at radius 3 is 0.508 bits per heavy atom. The Labute approximate surface area is 417 Å². The molecule has 0 amide bonds. The van der Waals surface area contributed by atoms with E-state index in [2.05, 4.69) is 192 Å². The van der Waals surface area contributed by atoms with Crippen molar-refractivity contribution in [1.82, 2.24) is 0 Å². The summed E-state index contributed by atoms with van der Waals surface area (Å²) in [6, 6.07) is 0. The third-order valence-corrected chi connectivity index (χ3v) is 143. The molecule has 4 rings (SSSR count). The molecule has 0 bridgehead atoms. The molecule has 4 aliphatic rings. The summed E-state index contributed by atoms with van der Waals surface area (Å²) < 4.78 is 19.8. The van der Waals surface area contributed by atoms with Crippen molar-refractivity contribution in [2.24, 2.45) is 0 Å². The minimum atomic E-state index is -1.94. The normalized spacial score (nSPS) is 19.0. The van der Waals surface area contributed by atoms with Gasteiger partial charge in [0.2, 0.25) is 0 Å². The first-order valence-corrected chi connectivity index (χ1v) is 44.6. The summed E-state index contributed by atoms with van der Waals surface area (Å²) in [6.07, 6.45) is 10.2. The molecule has 0 aliphatic carbocycles. The summed E-state index contributed by atoms with van der Waals surface area (Å²) in [4.78, 5) is 0. The molecule has 4 saturated heterocycles. The van der Waals surface area contributed by atoms with Crippen LogP contribution in [0.15, 0.2) is 0 Å². The molecule has 11 heteroatoms. The maximum absolute atomic E-state index is 4.94. The van der Waals surface area contributed by atoms with E-state index < -0.39 is 45.1 Å². The zero-order valence-electron chi connectivity index (χ0n) is 49.0. The monoisotopic (exact) mass is 981 g/mol. The molecular weight excluding hydrogens is 864 g/mol. The molecule has 0 atom stereocenters. The van der Waals surface area contributed by atoms with Crippen molar-refractivity contribution >= 4 is 45.1 Å². The molecule has 4 nitrogen and oxygen atoms in total. The fraction of sp³-hybridized carbons (Fsp3) is 1.00. The molecule has 0 saturated carbocycles. The van der Waals surface area contributed by atoms with Crippen LogP contribution in [0.4, 0.5) is 0 Å². The molecule has 0 aromatic carbocycles. The Hall–Kier alpha value is 1.74. The Kier molecular flexibility index (Phi) is 26.7. The van der Waals surface area contributed by atoms with E-state index in [1.807, 2.05) is 0 Å². The summed E-state index contributed by atoms with van der Waals surface area (Å²) in [5.41, 5.74) is 0. The minimum absolute atomic E-state index is 0. The third kappa shape index (κ3) is 16.4. The maximum atomic E-state index is 4.94. The average Bonchev–Trinajstić information content (AvgIpc) is 3.93. The van der Waals surface area contributed by atoms with Gasteiger partial charge < -0.3 is 18.9 Å². The SMILES string of the molecule is C1CCOC1.C1CCOC1.C1CCOC1.C1CCOC1.CC(C)(C)[Si](C)([Si-]([SiH]([Si](C)(C(C)(C)C)C(C)(C)C)[Si](C)(C(C)(C)C)C(C)(C)C)[Si](C)(C(C)(C)C)C(C)(C)C)C(C)(C)C.[Li+]. The third-order valence-electron chi connectivity index (χ3n) is 18.1. The van der Waals surface area contributed by atoms with Crippen LogP contribution in [0.5, 0.6) is 0 Å². The standard InChI is InChI=1S/C36H85Si6.4C4H8O.Li/c1-29(2,3)39(25,30(4,5)6)37(40(26,31(7,8)9)32(10,11)12)38(41(27,33(13,14)15)34(16,17)18)42(28,35(19,20)21)36(22,23)24;4*1-2-4-5-3-1;/h37H,1-28H3;4*1-4H2;/q-1;;;;;+1. The van der Waals surface area contributed by atoms with Crippen LogP contribution in [-0.2, 0) is 18.9 Å². The van der Waals surface area contributed by atoms with E-state index in [4.69, 9.17) is 18.9 Å². The summed E-state index contributed by atoms with van der Waals surface area (Å²) in [5.74, 6) is 0. The van der Waals surface area contributed by atoms with Gasteiger partial charge >= 0.3 is 18.9 Å². The van der Waals surface area contributed by atoms with Crippen molar-refractivity contribution in [2.45, 2.75) is 284 Å². The second-order valence-electron chi connectivity index (χ2n) is 28.8. The van der Waals surface area contributed by atoms with Crippen molar-refractivity contribution in [3.8, 4) is 0 Å². The van der Waals surface area contributed by atoms with E-state index in [1.54, 1.807) is 0 Å². The predicted molar refractivity (Wildman–Crippen MR) is 297 cm³/mol. The molecule has 0 N–H and O–H groups in total. The molecule has 4 heterocycles. The number of hydrogen-bond acceptors (Lipinski definition) is 4. The summed E-state index contributed by atoms with van der Waals surface area (Å²) in [7, 11) is -9.96. The van der Waals surface area contributed by atoms with Crippen LogP contribution in [0.3, 0.4) is 0 Å². The zero-order chi connectivity index (χ0) is 49.3. The van der Waals surface area contributed by atoms with Crippen molar-refractivity contribution < 1.29 is 37.8 Å². The van der Waals surface area contributed by atoms with Crippen molar-refractivity contribution in [1.29, 1.82) is 0 Å². The van der Waals surface area contributed by atoms with Crippen LogP contribution in [0, 0.1) is 0 Å². The van der Waals surface area contributed by atoms with Gasteiger partial charge in [-0.15, -0.1) is 7.35 Å². The van der Waals surface area contributed by atoms with Crippen LogP contribution in [0.1, 0.15) is 218 Å². The van der Waals surface area contributed by atoms with E-state index in [9.17, 15) is 0 Å². The predicted octanol–water partition coefficient (Wildman–Crippen LogP) is 14.0. The molecule has 374 valence electrons. The van der Waals surface area contributed by atoms with Crippen LogP contribution < -0.4 is 18.9 Å². The topological polar surface area (TPSA) is 36.9 Å². The number of ether oxygens (including phenoxy) is 4. The molecule has 0 aromatic heterocycles. The van der Waals surface area contributed by atoms with Gasteiger partial charge in [-0.25, -0.2) is 0 Å². The van der Waals surface area contributed by atoms with Gasteiger partial charge in [-0.3, -0.25) is 7.35 Å². The Morgan fingerprint density at radius 1 is 0.286 bits per heavy atom. The van der Waals surface area contributed by atoms with E-state index >= 15 is 0 Å². The largest absolute Gasteiger partial charge is 1.00 e. The minimum Gasteiger partial charge on any atom is -0.381 e. The van der Waals surface area contributed by atoms with Crippen LogP contribution in [0.2, 0.25) is 66.5 Å². The molecule has 0 spiro atoms. The van der Waals surface area contributed by atoms with Gasteiger partial charge in [-0.2, -0.15) is 0 Å². The summed E-state index contributed by atoms with van der Waals surface area (Å²) in [6.45, 7) is 85.5. The summed E-state index contributed by atoms with van der Waals surface area (Å²) >= 11 is 0. The Bertz CT molecular complexity index is 973. The van der Waals surface area contributed by atoms with Crippen LogP contribution >= 0.6 is 0 Å². The smallest absolute Gasteiger partial charge is 0.381 e. The Morgan fingerprint density at radius 2 is 0.429 bits per heavy atom. The van der Waals surface area contributed by atoms with Gasteiger partial charge in [0.25, 0.3) is 0 Å².